The first-order chi connectivity index (χ1) is 10.1. The fourth-order valence-electron chi connectivity index (χ4n) is 2.75. The van der Waals surface area contributed by atoms with Gasteiger partial charge in [0.05, 0.1) is 10.6 Å². The molecule has 1 fully saturated rings. The zero-order valence-corrected chi connectivity index (χ0v) is 14.1. The molecule has 1 atom stereocenters. The van der Waals surface area contributed by atoms with Crippen LogP contribution >= 0.6 is 15.9 Å². The van der Waals surface area contributed by atoms with Crippen LogP contribution in [0.2, 0.25) is 0 Å². The average molecular weight is 359 g/mol. The van der Waals surface area contributed by atoms with Gasteiger partial charge in [-0.1, -0.05) is 6.07 Å². The maximum absolute atomic E-state index is 13.3. The summed E-state index contributed by atoms with van der Waals surface area (Å²) in [4.78, 5) is 2.43. The Labute approximate surface area is 134 Å². The first-order valence-corrected chi connectivity index (χ1v) is 8.41. The highest BCUT2D eigenvalue weighted by Crippen LogP contribution is 2.28. The van der Waals surface area contributed by atoms with Gasteiger partial charge in [-0.2, -0.15) is 0 Å². The molecule has 1 aliphatic rings. The van der Waals surface area contributed by atoms with Crippen LogP contribution in [0.3, 0.4) is 0 Å². The predicted molar refractivity (Wildman–Crippen MR) is 86.7 cm³/mol. The number of hydrogen-bond acceptors (Lipinski definition) is 3. The highest BCUT2D eigenvalue weighted by molar-refractivity contribution is 9.10. The monoisotopic (exact) mass is 358 g/mol. The van der Waals surface area contributed by atoms with Crippen molar-refractivity contribution >= 4 is 15.9 Å². The lowest BCUT2D eigenvalue weighted by Gasteiger charge is -2.36. The van der Waals surface area contributed by atoms with E-state index in [1.165, 1.54) is 6.07 Å². The van der Waals surface area contributed by atoms with Crippen LogP contribution in [0.1, 0.15) is 37.8 Å². The molecule has 21 heavy (non-hydrogen) atoms. The molecule has 1 unspecified atom stereocenters. The van der Waals surface area contributed by atoms with Crippen molar-refractivity contribution in [3.8, 4) is 0 Å². The van der Waals surface area contributed by atoms with E-state index in [1.54, 1.807) is 0 Å². The van der Waals surface area contributed by atoms with E-state index in [9.17, 15) is 4.39 Å². The van der Waals surface area contributed by atoms with Gasteiger partial charge in [0, 0.05) is 25.7 Å². The van der Waals surface area contributed by atoms with E-state index in [4.69, 9.17) is 10.5 Å². The number of halogens is 2. The lowest BCUT2D eigenvalue weighted by atomic mass is 10.0. The molecule has 1 heterocycles. The van der Waals surface area contributed by atoms with Crippen LogP contribution in [-0.4, -0.2) is 37.2 Å². The average Bonchev–Trinajstić information content (AvgIpc) is 2.50. The molecule has 0 saturated carbocycles. The minimum absolute atomic E-state index is 0.210. The summed E-state index contributed by atoms with van der Waals surface area (Å²) in [6, 6.07) is 5.57. The Morgan fingerprint density at radius 2 is 2.14 bits per heavy atom. The third-order valence-electron chi connectivity index (χ3n) is 4.15. The minimum Gasteiger partial charge on any atom is -0.378 e. The summed E-state index contributed by atoms with van der Waals surface area (Å²) in [6.45, 7) is 5.67. The van der Waals surface area contributed by atoms with E-state index >= 15 is 0 Å². The van der Waals surface area contributed by atoms with Crippen LogP contribution in [0.15, 0.2) is 22.7 Å². The summed E-state index contributed by atoms with van der Waals surface area (Å²) in [6.07, 6.45) is 3.40. The van der Waals surface area contributed by atoms with Gasteiger partial charge in [-0.15, -0.1) is 0 Å². The van der Waals surface area contributed by atoms with E-state index in [-0.39, 0.29) is 5.82 Å². The van der Waals surface area contributed by atoms with Crippen LogP contribution in [0, 0.1) is 5.82 Å². The fourth-order valence-corrected chi connectivity index (χ4v) is 3.14. The molecule has 0 radical (unpaired) electrons. The van der Waals surface area contributed by atoms with Crippen LogP contribution in [0.4, 0.5) is 4.39 Å². The maximum Gasteiger partial charge on any atom is 0.137 e. The lowest BCUT2D eigenvalue weighted by Crippen LogP contribution is -2.38. The molecule has 1 aliphatic heterocycles. The van der Waals surface area contributed by atoms with Crippen molar-refractivity contribution in [3.05, 3.63) is 34.1 Å². The van der Waals surface area contributed by atoms with Gasteiger partial charge in [-0.05, 0) is 66.4 Å². The van der Waals surface area contributed by atoms with Gasteiger partial charge < -0.3 is 10.5 Å². The molecule has 2 N–H and O–H groups in total. The molecule has 2 rings (SSSR count). The molecule has 118 valence electrons. The molecular formula is C16H24BrFN2O. The molecule has 0 bridgehead atoms. The predicted octanol–water partition coefficient (Wildman–Crippen LogP) is 3.48. The summed E-state index contributed by atoms with van der Waals surface area (Å²) < 4.78 is 19.7. The summed E-state index contributed by atoms with van der Waals surface area (Å²) >= 11 is 3.26. The van der Waals surface area contributed by atoms with E-state index in [0.717, 1.165) is 44.5 Å². The second kappa shape index (κ2) is 8.22. The van der Waals surface area contributed by atoms with Crippen LogP contribution < -0.4 is 5.73 Å². The Morgan fingerprint density at radius 1 is 1.43 bits per heavy atom. The van der Waals surface area contributed by atoms with Gasteiger partial charge in [0.2, 0.25) is 0 Å². The second-order valence-electron chi connectivity index (χ2n) is 5.60. The smallest absolute Gasteiger partial charge is 0.137 e. The Kier molecular flexibility index (Phi) is 6.61. The summed E-state index contributed by atoms with van der Waals surface area (Å²) in [5.74, 6) is -0.210. The van der Waals surface area contributed by atoms with Crippen molar-refractivity contribution in [1.82, 2.24) is 4.90 Å². The van der Waals surface area contributed by atoms with E-state index in [0.29, 0.717) is 23.2 Å². The Balaban J connectivity index is 1.85. The van der Waals surface area contributed by atoms with Gasteiger partial charge in [-0.3, -0.25) is 4.90 Å². The Bertz CT molecular complexity index is 450. The highest BCUT2D eigenvalue weighted by Gasteiger charge is 2.24. The Morgan fingerprint density at radius 3 is 2.76 bits per heavy atom. The molecular weight excluding hydrogens is 335 g/mol. The van der Waals surface area contributed by atoms with Crippen molar-refractivity contribution < 1.29 is 9.13 Å². The zero-order chi connectivity index (χ0) is 15.2. The van der Waals surface area contributed by atoms with E-state index in [2.05, 4.69) is 27.8 Å². The van der Waals surface area contributed by atoms with Crippen molar-refractivity contribution in [1.29, 1.82) is 0 Å². The Hall–Kier alpha value is -0.490. The SMILES string of the molecule is CC(c1ccc(F)c(Br)c1)N1CCC(OCCCN)CC1. The second-order valence-corrected chi connectivity index (χ2v) is 6.45. The first kappa shape index (κ1) is 16.9. The number of piperidine rings is 1. The zero-order valence-electron chi connectivity index (χ0n) is 12.5. The van der Waals surface area contributed by atoms with Crippen molar-refractivity contribution in [3.63, 3.8) is 0 Å². The normalized spacial score (nSPS) is 18.9. The molecule has 0 amide bonds. The van der Waals surface area contributed by atoms with E-state index < -0.39 is 0 Å². The van der Waals surface area contributed by atoms with Crippen LogP contribution in [0.5, 0.6) is 0 Å². The molecule has 1 aromatic carbocycles. The quantitative estimate of drug-likeness (QED) is 0.791. The van der Waals surface area contributed by atoms with Crippen molar-refractivity contribution in [2.45, 2.75) is 38.3 Å². The van der Waals surface area contributed by atoms with Crippen molar-refractivity contribution in [2.75, 3.05) is 26.2 Å². The third-order valence-corrected chi connectivity index (χ3v) is 4.76. The highest BCUT2D eigenvalue weighted by atomic mass is 79.9. The molecule has 3 nitrogen and oxygen atoms in total. The van der Waals surface area contributed by atoms with Gasteiger partial charge in [0.1, 0.15) is 5.82 Å². The number of nitrogens with two attached hydrogens (primary N) is 1. The summed E-state index contributed by atoms with van der Waals surface area (Å²) in [5, 5.41) is 0. The number of ether oxygens (including phenoxy) is 1. The third kappa shape index (κ3) is 4.74. The van der Waals surface area contributed by atoms with Gasteiger partial charge in [0.25, 0.3) is 0 Å². The van der Waals surface area contributed by atoms with Gasteiger partial charge in [0.15, 0.2) is 0 Å². The van der Waals surface area contributed by atoms with Crippen molar-refractivity contribution in [2.24, 2.45) is 5.73 Å². The number of benzene rings is 1. The number of likely N-dealkylation sites (tertiary alicyclic amines) is 1. The fraction of sp³-hybridized carbons (Fsp3) is 0.625. The summed E-state index contributed by atoms with van der Waals surface area (Å²) in [5.41, 5.74) is 6.62. The molecule has 0 spiro atoms. The van der Waals surface area contributed by atoms with Crippen LogP contribution in [-0.2, 0) is 4.74 Å². The molecule has 0 aliphatic carbocycles. The molecule has 1 saturated heterocycles. The largest absolute Gasteiger partial charge is 0.378 e. The standard InChI is InChI=1S/C16H24BrFN2O/c1-12(13-3-4-16(18)15(17)11-13)20-8-5-14(6-9-20)21-10-2-7-19/h3-4,11-12,14H,2,5-10,19H2,1H3. The van der Waals surface area contributed by atoms with E-state index in [1.807, 2.05) is 12.1 Å². The summed E-state index contributed by atoms with van der Waals surface area (Å²) in [7, 11) is 0. The maximum atomic E-state index is 13.3. The molecule has 0 aromatic heterocycles. The van der Waals surface area contributed by atoms with Gasteiger partial charge in [-0.25, -0.2) is 4.39 Å². The lowest BCUT2D eigenvalue weighted by molar-refractivity contribution is -0.000756. The number of rotatable bonds is 6. The molecule has 5 heteroatoms. The van der Waals surface area contributed by atoms with Gasteiger partial charge >= 0.3 is 0 Å². The minimum atomic E-state index is -0.210. The molecule has 1 aromatic rings. The van der Waals surface area contributed by atoms with Crippen LogP contribution in [0.25, 0.3) is 0 Å². The number of nitrogens with zero attached hydrogens (tertiary/aromatic N) is 1. The topological polar surface area (TPSA) is 38.5 Å². The number of hydrogen-bond donors (Lipinski definition) is 1. The first-order valence-electron chi connectivity index (χ1n) is 7.62.